The molecule has 2 rings (SSSR count). The van der Waals surface area contributed by atoms with Crippen molar-refractivity contribution in [2.45, 2.75) is 6.92 Å². The maximum absolute atomic E-state index is 13.0. The Hall–Kier alpha value is -1.95. The van der Waals surface area contributed by atoms with Crippen molar-refractivity contribution in [3.05, 3.63) is 40.1 Å². The van der Waals surface area contributed by atoms with Crippen LogP contribution >= 0.6 is 11.3 Å². The third kappa shape index (κ3) is 2.59. The Morgan fingerprint density at radius 3 is 2.88 bits per heavy atom. The predicted molar refractivity (Wildman–Crippen MR) is 62.9 cm³/mol. The lowest BCUT2D eigenvalue weighted by molar-refractivity contribution is 0.103. The first-order valence-electron chi connectivity index (χ1n) is 4.78. The number of nitrogens with zero attached hydrogens (tertiary/aromatic N) is 1. The van der Waals surface area contributed by atoms with Crippen LogP contribution in [0.25, 0.3) is 0 Å². The Kier molecular flexibility index (Phi) is 3.06. The first kappa shape index (κ1) is 11.5. The quantitative estimate of drug-likeness (QED) is 0.807. The lowest BCUT2D eigenvalue weighted by atomic mass is 10.3. The zero-order chi connectivity index (χ0) is 12.4. The summed E-state index contributed by atoms with van der Waals surface area (Å²) in [7, 11) is 0. The Bertz CT molecular complexity index is 568. The van der Waals surface area contributed by atoms with E-state index >= 15 is 0 Å². The fraction of sp³-hybridized carbons (Fsp3) is 0.0909. The molecule has 1 aromatic carbocycles. The van der Waals surface area contributed by atoms with Gasteiger partial charge in [-0.3, -0.25) is 4.79 Å². The van der Waals surface area contributed by atoms with Crippen LogP contribution in [0.2, 0.25) is 0 Å². The number of benzene rings is 1. The van der Waals surface area contributed by atoms with Gasteiger partial charge in [-0.2, -0.15) is 0 Å². The molecule has 2 N–H and O–H groups in total. The summed E-state index contributed by atoms with van der Waals surface area (Å²) in [5.74, 6) is -1.57. The number of carbonyl (C=O) groups excluding carboxylic acids is 1. The first-order valence-corrected chi connectivity index (χ1v) is 5.60. The van der Waals surface area contributed by atoms with Gasteiger partial charge in [-0.05, 0) is 19.1 Å². The predicted octanol–water partition coefficient (Wildman–Crippen LogP) is 2.55. The number of hydrogen-bond donors (Lipinski definition) is 2. The first-order chi connectivity index (χ1) is 8.06. The number of hydrogen-bond acceptors (Lipinski definition) is 4. The zero-order valence-electron chi connectivity index (χ0n) is 8.90. The molecule has 0 aliphatic heterocycles. The van der Waals surface area contributed by atoms with Crippen LogP contribution in [0.3, 0.4) is 0 Å². The van der Waals surface area contributed by atoms with Crippen molar-refractivity contribution in [1.82, 2.24) is 4.98 Å². The van der Waals surface area contributed by atoms with Gasteiger partial charge in [0.15, 0.2) is 11.6 Å². The van der Waals surface area contributed by atoms with Gasteiger partial charge in [-0.1, -0.05) is 0 Å². The normalized spacial score (nSPS) is 10.2. The van der Waals surface area contributed by atoms with E-state index in [1.807, 2.05) is 0 Å². The number of nitrogens with one attached hydrogen (secondary N) is 1. The van der Waals surface area contributed by atoms with Crippen molar-refractivity contribution in [3.63, 3.8) is 0 Å². The summed E-state index contributed by atoms with van der Waals surface area (Å²) in [6.07, 6.45) is 1.46. The molecule has 0 radical (unpaired) electrons. The third-order valence-electron chi connectivity index (χ3n) is 2.05. The molecule has 0 saturated carbocycles. The summed E-state index contributed by atoms with van der Waals surface area (Å²) in [5.41, 5.74) is 0.288. The molecule has 88 valence electrons. The Balaban J connectivity index is 2.15. The molecule has 4 nitrogen and oxygen atoms in total. The van der Waals surface area contributed by atoms with Crippen molar-refractivity contribution >= 4 is 22.9 Å². The highest BCUT2D eigenvalue weighted by atomic mass is 32.1. The van der Waals surface area contributed by atoms with Crippen molar-refractivity contribution < 1.29 is 14.3 Å². The number of amides is 1. The molecule has 0 atom stereocenters. The van der Waals surface area contributed by atoms with E-state index < -0.39 is 11.6 Å². The molecule has 0 fully saturated rings. The number of phenols is 1. The van der Waals surface area contributed by atoms with Crippen LogP contribution in [0.1, 0.15) is 14.7 Å². The molecule has 6 heteroatoms. The molecule has 0 spiro atoms. The number of anilines is 1. The van der Waals surface area contributed by atoms with Crippen molar-refractivity contribution in [1.29, 1.82) is 0 Å². The number of phenolic OH excluding ortho intramolecular Hbond substituents is 1. The fourth-order valence-corrected chi connectivity index (χ4v) is 1.92. The molecule has 1 amide bonds. The van der Waals surface area contributed by atoms with Gasteiger partial charge >= 0.3 is 0 Å². The second-order valence-corrected chi connectivity index (χ2v) is 4.60. The summed E-state index contributed by atoms with van der Waals surface area (Å²) >= 11 is 1.26. The molecule has 2 aromatic rings. The third-order valence-corrected chi connectivity index (χ3v) is 2.96. The minimum atomic E-state index is -0.775. The average molecular weight is 252 g/mol. The summed E-state index contributed by atoms with van der Waals surface area (Å²) in [5, 5.41) is 12.3. The minimum Gasteiger partial charge on any atom is -0.505 e. The summed E-state index contributed by atoms with van der Waals surface area (Å²) in [6, 6.07) is 3.66. The van der Waals surface area contributed by atoms with Crippen molar-refractivity contribution in [2.75, 3.05) is 5.32 Å². The van der Waals surface area contributed by atoms with Crippen LogP contribution in [0.5, 0.6) is 5.75 Å². The maximum atomic E-state index is 13.0. The topological polar surface area (TPSA) is 62.2 Å². The molecular weight excluding hydrogens is 243 g/mol. The molecule has 0 saturated heterocycles. The van der Waals surface area contributed by atoms with Crippen LogP contribution in [0.15, 0.2) is 24.4 Å². The van der Waals surface area contributed by atoms with Gasteiger partial charge < -0.3 is 10.4 Å². The number of rotatable bonds is 2. The standard InChI is InChI=1S/C11H9FN2O2S/c1-6-13-5-10(17-6)11(16)14-7-2-3-9(15)8(12)4-7/h2-5,15H,1H3,(H,14,16). The SMILES string of the molecule is Cc1ncc(C(=O)Nc2ccc(O)c(F)c2)s1. The maximum Gasteiger partial charge on any atom is 0.267 e. The van der Waals surface area contributed by atoms with E-state index in [0.717, 1.165) is 11.1 Å². The number of halogens is 1. The highest BCUT2D eigenvalue weighted by molar-refractivity contribution is 7.13. The molecule has 0 bridgehead atoms. The molecule has 1 aromatic heterocycles. The van der Waals surface area contributed by atoms with Crippen LogP contribution in [-0.4, -0.2) is 16.0 Å². The van der Waals surface area contributed by atoms with Crippen LogP contribution < -0.4 is 5.32 Å². The fourth-order valence-electron chi connectivity index (χ4n) is 1.24. The largest absolute Gasteiger partial charge is 0.505 e. The van der Waals surface area contributed by atoms with Crippen LogP contribution in [0.4, 0.5) is 10.1 Å². The average Bonchev–Trinajstić information content (AvgIpc) is 2.70. The van der Waals surface area contributed by atoms with E-state index in [0.29, 0.717) is 4.88 Å². The van der Waals surface area contributed by atoms with Crippen molar-refractivity contribution in [2.24, 2.45) is 0 Å². The van der Waals surface area contributed by atoms with E-state index in [1.165, 1.54) is 29.7 Å². The van der Waals surface area contributed by atoms with Gasteiger partial charge in [0.1, 0.15) is 4.88 Å². The van der Waals surface area contributed by atoms with Crippen LogP contribution in [0, 0.1) is 12.7 Å². The smallest absolute Gasteiger partial charge is 0.267 e. The Morgan fingerprint density at radius 2 is 2.29 bits per heavy atom. The van der Waals surface area contributed by atoms with Gasteiger partial charge in [0.2, 0.25) is 0 Å². The lowest BCUT2D eigenvalue weighted by Crippen LogP contribution is -2.10. The van der Waals surface area contributed by atoms with Gasteiger partial charge in [-0.15, -0.1) is 11.3 Å². The number of carbonyl (C=O) groups is 1. The molecule has 1 heterocycles. The molecule has 17 heavy (non-hydrogen) atoms. The second-order valence-electron chi connectivity index (χ2n) is 3.36. The lowest BCUT2D eigenvalue weighted by Gasteiger charge is -2.03. The van der Waals surface area contributed by atoms with Crippen LogP contribution in [-0.2, 0) is 0 Å². The molecule has 0 aliphatic carbocycles. The van der Waals surface area contributed by atoms with E-state index in [-0.39, 0.29) is 11.6 Å². The van der Waals surface area contributed by atoms with Gasteiger partial charge in [-0.25, -0.2) is 9.37 Å². The number of thiazole rings is 1. The monoisotopic (exact) mass is 252 g/mol. The molecular formula is C11H9FN2O2S. The van der Waals surface area contributed by atoms with E-state index in [9.17, 15) is 9.18 Å². The second kappa shape index (κ2) is 4.50. The van der Waals surface area contributed by atoms with E-state index in [4.69, 9.17) is 5.11 Å². The summed E-state index contributed by atoms with van der Waals surface area (Å²) in [4.78, 5) is 16.1. The number of aryl methyl sites for hydroxylation is 1. The molecule has 0 unspecified atom stereocenters. The van der Waals surface area contributed by atoms with Crippen molar-refractivity contribution in [3.8, 4) is 5.75 Å². The van der Waals surface area contributed by atoms with Gasteiger partial charge in [0, 0.05) is 11.8 Å². The Labute approximate surface area is 101 Å². The van der Waals surface area contributed by atoms with E-state index in [1.54, 1.807) is 6.92 Å². The summed E-state index contributed by atoms with van der Waals surface area (Å²) < 4.78 is 13.0. The highest BCUT2D eigenvalue weighted by Gasteiger charge is 2.10. The van der Waals surface area contributed by atoms with E-state index in [2.05, 4.69) is 10.3 Å². The highest BCUT2D eigenvalue weighted by Crippen LogP contribution is 2.20. The molecule has 0 aliphatic rings. The van der Waals surface area contributed by atoms with Gasteiger partial charge in [0.25, 0.3) is 5.91 Å². The number of aromatic hydroxyl groups is 1. The minimum absolute atomic E-state index is 0.288. The Morgan fingerprint density at radius 1 is 1.53 bits per heavy atom. The zero-order valence-corrected chi connectivity index (χ0v) is 9.71. The number of aromatic nitrogens is 1. The van der Waals surface area contributed by atoms with Gasteiger partial charge in [0.05, 0.1) is 11.2 Å². The summed E-state index contributed by atoms with van der Waals surface area (Å²) in [6.45, 7) is 1.79.